The van der Waals surface area contributed by atoms with Gasteiger partial charge in [0.25, 0.3) is 5.91 Å². The van der Waals surface area contributed by atoms with Gasteiger partial charge >= 0.3 is 0 Å². The number of benzene rings is 2. The minimum atomic E-state index is -1.52. The van der Waals surface area contributed by atoms with E-state index in [2.05, 4.69) is 31.2 Å². The molecular weight excluding hydrogens is 640 g/mol. The summed E-state index contributed by atoms with van der Waals surface area (Å²) >= 11 is 0. The number of rotatable bonds is 20. The van der Waals surface area contributed by atoms with Crippen LogP contribution >= 0.6 is 0 Å². The van der Waals surface area contributed by atoms with E-state index in [0.717, 1.165) is 11.1 Å². The number of carbonyl (C=O) groups excluding carboxylic acids is 5. The maximum Gasteiger partial charge on any atom is 0.289 e. The second kappa shape index (κ2) is 20.7. The molecular formula is C36H46N8O6. The van der Waals surface area contributed by atoms with Gasteiger partial charge in [0.1, 0.15) is 12.1 Å². The monoisotopic (exact) mass is 686 g/mol. The molecule has 0 radical (unpaired) electrons. The molecule has 14 nitrogen and oxygen atoms in total. The zero-order valence-electron chi connectivity index (χ0n) is 28.1. The van der Waals surface area contributed by atoms with E-state index in [1.807, 2.05) is 60.7 Å². The number of Topliss-reactive ketones (excluding diaryl/α,β-unsaturated/α-hetero) is 1. The first-order valence-electron chi connectivity index (χ1n) is 16.5. The van der Waals surface area contributed by atoms with Gasteiger partial charge in [0.05, 0.1) is 12.1 Å². The van der Waals surface area contributed by atoms with Crippen LogP contribution in [-0.2, 0) is 43.4 Å². The highest BCUT2D eigenvalue weighted by Gasteiger charge is 2.33. The van der Waals surface area contributed by atoms with Gasteiger partial charge in [-0.25, -0.2) is 0 Å². The van der Waals surface area contributed by atoms with E-state index in [1.165, 1.54) is 13.1 Å². The summed E-state index contributed by atoms with van der Waals surface area (Å²) in [7, 11) is 0. The molecule has 0 bridgehead atoms. The van der Waals surface area contributed by atoms with Crippen LogP contribution in [0, 0.1) is 0 Å². The number of aryl methyl sites for hydroxylation is 2. The molecule has 1 heterocycles. The molecule has 0 saturated carbocycles. The topological polar surface area (TPSA) is 231 Å². The maximum atomic E-state index is 13.6. The molecule has 4 atom stereocenters. The van der Waals surface area contributed by atoms with Crippen LogP contribution in [0.4, 0.5) is 0 Å². The number of nitrogens with two attached hydrogens (primary N) is 2. The number of aliphatic hydroxyl groups is 1. The second-order valence-corrected chi connectivity index (χ2v) is 11.8. The zero-order valence-corrected chi connectivity index (χ0v) is 28.1. The van der Waals surface area contributed by atoms with Crippen LogP contribution in [0.5, 0.6) is 0 Å². The summed E-state index contributed by atoms with van der Waals surface area (Å²) in [6, 6.07) is 18.4. The van der Waals surface area contributed by atoms with Crippen LogP contribution in [0.3, 0.4) is 0 Å². The SMILES string of the molecule is C[C@@H](O)[C@H](NC(=O)[C@H](CCc1ccccc1)NC(=O)CCc1ccccc1)C(=O)NC(CCCN=C(N)N)C(=O)C(=O)NCc1cccnc1. The van der Waals surface area contributed by atoms with Crippen molar-refractivity contribution in [2.75, 3.05) is 6.54 Å². The fraction of sp³-hybridized carbons (Fsp3) is 0.361. The number of carbonyl (C=O) groups is 5. The number of aromatic nitrogens is 1. The smallest absolute Gasteiger partial charge is 0.289 e. The molecule has 0 aliphatic heterocycles. The maximum absolute atomic E-state index is 13.6. The van der Waals surface area contributed by atoms with Crippen molar-refractivity contribution >= 4 is 35.4 Å². The first-order chi connectivity index (χ1) is 24.0. The molecule has 50 heavy (non-hydrogen) atoms. The minimum Gasteiger partial charge on any atom is -0.391 e. The van der Waals surface area contributed by atoms with Crippen LogP contribution in [0.2, 0.25) is 0 Å². The average molecular weight is 687 g/mol. The van der Waals surface area contributed by atoms with Crippen LogP contribution in [0.25, 0.3) is 0 Å². The lowest BCUT2D eigenvalue weighted by Crippen LogP contribution is -2.59. The van der Waals surface area contributed by atoms with Crippen molar-refractivity contribution in [3.63, 3.8) is 0 Å². The van der Waals surface area contributed by atoms with Gasteiger partial charge < -0.3 is 37.8 Å². The van der Waals surface area contributed by atoms with Gasteiger partial charge in [-0.2, -0.15) is 0 Å². The molecule has 266 valence electrons. The molecule has 1 aromatic heterocycles. The zero-order chi connectivity index (χ0) is 36.3. The number of nitrogens with one attached hydrogen (secondary N) is 4. The van der Waals surface area contributed by atoms with E-state index < -0.39 is 47.7 Å². The predicted octanol–water partition coefficient (Wildman–Crippen LogP) is 0.421. The lowest BCUT2D eigenvalue weighted by Gasteiger charge is -2.26. The molecule has 4 amide bonds. The Bertz CT molecular complexity index is 1570. The van der Waals surface area contributed by atoms with Crippen LogP contribution in [-0.4, -0.2) is 76.2 Å². The van der Waals surface area contributed by atoms with Gasteiger partial charge in [0, 0.05) is 31.9 Å². The molecule has 0 spiro atoms. The highest BCUT2D eigenvalue weighted by atomic mass is 16.3. The third-order valence-electron chi connectivity index (χ3n) is 7.74. The van der Waals surface area contributed by atoms with Gasteiger partial charge in [-0.15, -0.1) is 0 Å². The third-order valence-corrected chi connectivity index (χ3v) is 7.74. The lowest BCUT2D eigenvalue weighted by molar-refractivity contribution is -0.141. The molecule has 0 saturated heterocycles. The number of amides is 4. The van der Waals surface area contributed by atoms with Gasteiger partial charge in [-0.05, 0) is 61.8 Å². The van der Waals surface area contributed by atoms with Crippen molar-refractivity contribution in [2.24, 2.45) is 16.5 Å². The van der Waals surface area contributed by atoms with Crippen LogP contribution in [0.1, 0.15) is 49.3 Å². The van der Waals surface area contributed by atoms with Crippen LogP contribution < -0.4 is 32.7 Å². The summed E-state index contributed by atoms with van der Waals surface area (Å²) < 4.78 is 0. The number of hydrogen-bond donors (Lipinski definition) is 7. The van der Waals surface area contributed by atoms with Gasteiger partial charge in [0.15, 0.2) is 5.96 Å². The number of nitrogens with zero attached hydrogens (tertiary/aromatic N) is 2. The quantitative estimate of drug-likeness (QED) is 0.0377. The Balaban J connectivity index is 1.72. The Kier molecular flexibility index (Phi) is 16.0. The number of hydrogen-bond acceptors (Lipinski definition) is 8. The van der Waals surface area contributed by atoms with Gasteiger partial charge in [0.2, 0.25) is 23.5 Å². The fourth-order valence-corrected chi connectivity index (χ4v) is 5.02. The summed E-state index contributed by atoms with van der Waals surface area (Å²) in [4.78, 5) is 74.0. The predicted molar refractivity (Wildman–Crippen MR) is 188 cm³/mol. The van der Waals surface area contributed by atoms with E-state index >= 15 is 0 Å². The molecule has 1 unspecified atom stereocenters. The molecule has 0 fully saturated rings. The van der Waals surface area contributed by atoms with Gasteiger partial charge in [-0.3, -0.25) is 33.9 Å². The summed E-state index contributed by atoms with van der Waals surface area (Å²) in [6.07, 6.45) is 3.17. The van der Waals surface area contributed by atoms with Crippen molar-refractivity contribution in [3.8, 4) is 0 Å². The number of aliphatic imine (C=N–C) groups is 1. The van der Waals surface area contributed by atoms with E-state index in [-0.39, 0.29) is 50.6 Å². The minimum absolute atomic E-state index is 0.0146. The standard InChI is InChI=1S/C36H46N8O6/c1-24(45)31(34(49)43-28(15-9-21-40-36(37)38)32(47)35(50)41-23-27-14-8-20-39-22-27)44-33(48)29(18-16-25-10-4-2-5-11-25)42-30(46)19-17-26-12-6-3-7-13-26/h2-8,10-14,20,22,24,28-29,31,45H,9,15-19,21,23H2,1H3,(H,41,50)(H,42,46)(H,43,49)(H,44,48)(H4,37,38,40)/t24-,28?,29+,31+/m1/s1. The summed E-state index contributed by atoms with van der Waals surface area (Å²) in [6.45, 7) is 1.46. The fourth-order valence-electron chi connectivity index (χ4n) is 5.02. The van der Waals surface area contributed by atoms with Crippen molar-refractivity contribution in [1.29, 1.82) is 0 Å². The van der Waals surface area contributed by atoms with E-state index in [0.29, 0.717) is 18.4 Å². The summed E-state index contributed by atoms with van der Waals surface area (Å²) in [5.74, 6) is -3.99. The molecule has 3 rings (SSSR count). The first kappa shape index (κ1) is 38.8. The third kappa shape index (κ3) is 13.8. The molecule has 0 aliphatic rings. The molecule has 3 aromatic rings. The summed E-state index contributed by atoms with van der Waals surface area (Å²) in [5.41, 5.74) is 13.4. The van der Waals surface area contributed by atoms with Crippen molar-refractivity contribution in [1.82, 2.24) is 26.3 Å². The Hall–Kier alpha value is -5.63. The first-order valence-corrected chi connectivity index (χ1v) is 16.5. The lowest BCUT2D eigenvalue weighted by atomic mass is 10.0. The highest BCUT2D eigenvalue weighted by molar-refractivity contribution is 6.38. The summed E-state index contributed by atoms with van der Waals surface area (Å²) in [5, 5.41) is 20.9. The van der Waals surface area contributed by atoms with Crippen molar-refractivity contribution < 1.29 is 29.1 Å². The Labute approximate surface area is 291 Å². The number of ketones is 1. The van der Waals surface area contributed by atoms with Gasteiger partial charge in [-0.1, -0.05) is 66.7 Å². The normalized spacial score (nSPS) is 13.1. The molecule has 9 N–H and O–H groups in total. The van der Waals surface area contributed by atoms with E-state index in [9.17, 15) is 29.1 Å². The number of pyridine rings is 1. The highest BCUT2D eigenvalue weighted by Crippen LogP contribution is 2.09. The Morgan fingerprint density at radius 2 is 1.42 bits per heavy atom. The molecule has 0 aliphatic carbocycles. The van der Waals surface area contributed by atoms with Crippen molar-refractivity contribution in [2.45, 2.75) is 76.2 Å². The largest absolute Gasteiger partial charge is 0.391 e. The second-order valence-electron chi connectivity index (χ2n) is 11.8. The molecule has 14 heteroatoms. The van der Waals surface area contributed by atoms with Crippen molar-refractivity contribution in [3.05, 3.63) is 102 Å². The molecule has 2 aromatic carbocycles. The van der Waals surface area contributed by atoms with E-state index in [1.54, 1.807) is 18.3 Å². The number of guanidine groups is 1. The Morgan fingerprint density at radius 3 is 2.02 bits per heavy atom. The van der Waals surface area contributed by atoms with Crippen LogP contribution in [0.15, 0.2) is 90.2 Å². The van der Waals surface area contributed by atoms with E-state index in [4.69, 9.17) is 11.5 Å². The average Bonchev–Trinajstić information content (AvgIpc) is 3.12. The Morgan fingerprint density at radius 1 is 0.780 bits per heavy atom. The number of aliphatic hydroxyl groups excluding tert-OH is 1.